The Morgan fingerprint density at radius 2 is 1.81 bits per heavy atom. The van der Waals surface area contributed by atoms with Crippen molar-refractivity contribution in [3.8, 4) is 5.75 Å². The highest BCUT2D eigenvalue weighted by atomic mass is 16.6. The van der Waals surface area contributed by atoms with Gasteiger partial charge in [0.2, 0.25) is 0 Å². The van der Waals surface area contributed by atoms with Gasteiger partial charge in [-0.15, -0.1) is 0 Å². The van der Waals surface area contributed by atoms with Crippen LogP contribution in [0.3, 0.4) is 0 Å². The molecule has 2 nitrogen and oxygen atoms in total. The minimum Gasteiger partial charge on any atom is -0.488 e. The second-order valence-electron chi connectivity index (χ2n) is 5.47. The molecule has 1 saturated heterocycles. The smallest absolute Gasteiger partial charge is 0.124 e. The molecule has 1 heterocycles. The Hall–Kier alpha value is -1.02. The highest BCUT2D eigenvalue weighted by Gasteiger charge is 2.31. The third kappa shape index (κ3) is 2.76. The van der Waals surface area contributed by atoms with Crippen molar-refractivity contribution < 1.29 is 9.47 Å². The second kappa shape index (κ2) is 4.10. The van der Waals surface area contributed by atoms with Gasteiger partial charge in [-0.05, 0) is 30.0 Å². The van der Waals surface area contributed by atoms with Gasteiger partial charge in [0.15, 0.2) is 0 Å². The number of rotatable bonds is 3. The highest BCUT2D eigenvalue weighted by molar-refractivity contribution is 5.31. The summed E-state index contributed by atoms with van der Waals surface area (Å²) in [5.41, 5.74) is 1.53. The Morgan fingerprint density at radius 3 is 2.25 bits per heavy atom. The van der Waals surface area contributed by atoms with E-state index in [1.807, 2.05) is 12.1 Å². The molecule has 1 aromatic carbocycles. The molecule has 1 aliphatic rings. The molecule has 0 N–H and O–H groups in total. The predicted molar refractivity (Wildman–Crippen MR) is 65.0 cm³/mol. The molecule has 0 spiro atoms. The van der Waals surface area contributed by atoms with Crippen molar-refractivity contribution in [1.82, 2.24) is 0 Å². The van der Waals surface area contributed by atoms with Crippen LogP contribution in [-0.4, -0.2) is 18.8 Å². The fraction of sp³-hybridized carbons (Fsp3) is 0.571. The third-order valence-electron chi connectivity index (χ3n) is 2.92. The molecule has 0 amide bonds. The summed E-state index contributed by atoms with van der Waals surface area (Å²) in [6.07, 6.45) is 0.447. The van der Waals surface area contributed by atoms with E-state index in [1.165, 1.54) is 5.56 Å². The van der Waals surface area contributed by atoms with Crippen LogP contribution in [0.25, 0.3) is 0 Å². The van der Waals surface area contributed by atoms with Crippen LogP contribution in [0.15, 0.2) is 24.3 Å². The molecule has 0 bridgehead atoms. The molecular formula is C14H20O2. The van der Waals surface area contributed by atoms with Gasteiger partial charge in [-0.1, -0.05) is 32.9 Å². The lowest BCUT2D eigenvalue weighted by molar-refractivity contribution is 0.176. The van der Waals surface area contributed by atoms with Crippen LogP contribution in [0.1, 0.15) is 33.3 Å². The number of benzene rings is 1. The van der Waals surface area contributed by atoms with Crippen LogP contribution in [0.5, 0.6) is 5.75 Å². The zero-order valence-corrected chi connectivity index (χ0v) is 10.5. The van der Waals surface area contributed by atoms with E-state index in [-0.39, 0.29) is 11.5 Å². The third-order valence-corrected chi connectivity index (χ3v) is 2.92. The van der Waals surface area contributed by atoms with Gasteiger partial charge >= 0.3 is 0 Å². The molecule has 0 saturated carbocycles. The maximum atomic E-state index is 5.78. The van der Waals surface area contributed by atoms with Crippen molar-refractivity contribution in [3.05, 3.63) is 29.8 Å². The molecule has 1 aromatic rings. The first kappa shape index (κ1) is 11.5. The van der Waals surface area contributed by atoms with Crippen molar-refractivity contribution >= 4 is 0 Å². The van der Waals surface area contributed by atoms with Crippen LogP contribution in [0.4, 0.5) is 0 Å². The largest absolute Gasteiger partial charge is 0.488 e. The molecule has 0 aliphatic carbocycles. The summed E-state index contributed by atoms with van der Waals surface area (Å²) in [6, 6.07) is 8.35. The molecule has 2 atom stereocenters. The molecule has 2 unspecified atom stereocenters. The minimum absolute atomic E-state index is 0.153. The average Bonchev–Trinajstić information content (AvgIpc) is 3.00. The molecule has 2 rings (SSSR count). The van der Waals surface area contributed by atoms with E-state index in [4.69, 9.17) is 9.47 Å². The van der Waals surface area contributed by atoms with E-state index in [1.54, 1.807) is 0 Å². The van der Waals surface area contributed by atoms with Gasteiger partial charge in [0, 0.05) is 0 Å². The van der Waals surface area contributed by atoms with Crippen molar-refractivity contribution in [1.29, 1.82) is 0 Å². The Morgan fingerprint density at radius 1 is 1.25 bits per heavy atom. The summed E-state index contributed by atoms with van der Waals surface area (Å²) in [4.78, 5) is 0. The maximum absolute atomic E-state index is 5.78. The predicted octanol–water partition coefficient (Wildman–Crippen LogP) is 3.15. The Bertz CT molecular complexity index is 344. The van der Waals surface area contributed by atoms with Crippen LogP contribution < -0.4 is 4.74 Å². The lowest BCUT2D eigenvalue weighted by atomic mass is 9.87. The second-order valence-corrected chi connectivity index (χ2v) is 5.47. The van der Waals surface area contributed by atoms with Crippen molar-refractivity contribution in [2.75, 3.05) is 6.61 Å². The summed E-state index contributed by atoms with van der Waals surface area (Å²) in [6.45, 7) is 9.52. The molecule has 1 fully saturated rings. The molecule has 16 heavy (non-hydrogen) atoms. The van der Waals surface area contributed by atoms with Crippen LogP contribution in [0, 0.1) is 0 Å². The highest BCUT2D eigenvalue weighted by Crippen LogP contribution is 2.26. The van der Waals surface area contributed by atoms with E-state index < -0.39 is 0 Å². The fourth-order valence-corrected chi connectivity index (χ4v) is 1.65. The van der Waals surface area contributed by atoms with Gasteiger partial charge in [-0.25, -0.2) is 0 Å². The Kier molecular flexibility index (Phi) is 2.94. The first-order valence-corrected chi connectivity index (χ1v) is 5.85. The van der Waals surface area contributed by atoms with E-state index in [0.717, 1.165) is 12.4 Å². The van der Waals surface area contributed by atoms with Crippen LogP contribution >= 0.6 is 0 Å². The van der Waals surface area contributed by atoms with Crippen LogP contribution in [-0.2, 0) is 10.2 Å². The van der Waals surface area contributed by atoms with Crippen molar-refractivity contribution in [2.45, 2.75) is 45.3 Å². The first-order valence-electron chi connectivity index (χ1n) is 5.85. The number of hydrogen-bond donors (Lipinski definition) is 0. The standard InChI is InChI=1S/C14H20O2/c1-10(13-9-15-13)16-12-7-5-11(6-8-12)14(2,3)4/h5-8,10,13H,9H2,1-4H3. The zero-order valence-electron chi connectivity index (χ0n) is 10.5. The van der Waals surface area contributed by atoms with Gasteiger partial charge in [-0.2, -0.15) is 0 Å². The van der Waals surface area contributed by atoms with Gasteiger partial charge in [0.05, 0.1) is 6.61 Å². The number of hydrogen-bond acceptors (Lipinski definition) is 2. The molecule has 2 heteroatoms. The van der Waals surface area contributed by atoms with E-state index >= 15 is 0 Å². The normalized spacial score (nSPS) is 21.6. The average molecular weight is 220 g/mol. The number of ether oxygens (including phenoxy) is 2. The zero-order chi connectivity index (χ0) is 11.8. The summed E-state index contributed by atoms with van der Waals surface area (Å²) >= 11 is 0. The van der Waals surface area contributed by atoms with E-state index in [0.29, 0.717) is 6.10 Å². The monoisotopic (exact) mass is 220 g/mol. The molecule has 1 aliphatic heterocycles. The Balaban J connectivity index is 2.01. The molecule has 88 valence electrons. The molecule has 0 aromatic heterocycles. The van der Waals surface area contributed by atoms with Gasteiger partial charge in [-0.3, -0.25) is 0 Å². The van der Waals surface area contributed by atoms with Gasteiger partial charge in [0.1, 0.15) is 18.0 Å². The summed E-state index contributed by atoms with van der Waals surface area (Å²) in [7, 11) is 0. The van der Waals surface area contributed by atoms with Crippen LogP contribution in [0.2, 0.25) is 0 Å². The SMILES string of the molecule is CC(Oc1ccc(C(C)(C)C)cc1)C1CO1. The minimum atomic E-state index is 0.153. The lowest BCUT2D eigenvalue weighted by Gasteiger charge is -2.19. The van der Waals surface area contributed by atoms with Gasteiger partial charge < -0.3 is 9.47 Å². The van der Waals surface area contributed by atoms with E-state index in [9.17, 15) is 0 Å². The topological polar surface area (TPSA) is 21.8 Å². The Labute approximate surface area is 97.6 Å². The summed E-state index contributed by atoms with van der Waals surface area (Å²) in [5, 5.41) is 0. The summed E-state index contributed by atoms with van der Waals surface area (Å²) < 4.78 is 11.0. The fourth-order valence-electron chi connectivity index (χ4n) is 1.65. The first-order chi connectivity index (χ1) is 7.47. The van der Waals surface area contributed by atoms with E-state index in [2.05, 4.69) is 39.8 Å². The lowest BCUT2D eigenvalue weighted by Crippen LogP contribution is -2.18. The molecular weight excluding hydrogens is 200 g/mol. The molecule has 0 radical (unpaired) electrons. The number of epoxide rings is 1. The van der Waals surface area contributed by atoms with Crippen molar-refractivity contribution in [2.24, 2.45) is 0 Å². The maximum Gasteiger partial charge on any atom is 0.124 e. The van der Waals surface area contributed by atoms with Crippen molar-refractivity contribution in [3.63, 3.8) is 0 Å². The van der Waals surface area contributed by atoms with Gasteiger partial charge in [0.25, 0.3) is 0 Å². The quantitative estimate of drug-likeness (QED) is 0.730. The summed E-state index contributed by atoms with van der Waals surface area (Å²) in [5.74, 6) is 0.927.